The minimum Gasteiger partial charge on any atom is -0.378 e. The lowest BCUT2D eigenvalue weighted by Crippen LogP contribution is -2.46. The van der Waals surface area contributed by atoms with Gasteiger partial charge in [0, 0.05) is 25.7 Å². The van der Waals surface area contributed by atoms with Gasteiger partial charge in [0.25, 0.3) is 0 Å². The second-order valence-electron chi connectivity index (χ2n) is 5.33. The monoisotopic (exact) mass is 227 g/mol. The third-order valence-corrected chi connectivity index (χ3v) is 4.02. The van der Waals surface area contributed by atoms with E-state index in [9.17, 15) is 0 Å². The first-order chi connectivity index (χ1) is 7.76. The van der Waals surface area contributed by atoms with Crippen molar-refractivity contribution in [2.45, 2.75) is 51.2 Å². The summed E-state index contributed by atoms with van der Waals surface area (Å²) in [5, 5.41) is 3.61. The molecule has 0 aromatic carbocycles. The highest BCUT2D eigenvalue weighted by atomic mass is 16.6. The molecule has 0 aliphatic carbocycles. The highest BCUT2D eigenvalue weighted by molar-refractivity contribution is 4.92. The summed E-state index contributed by atoms with van der Waals surface area (Å²) in [6.07, 6.45) is 4.66. The summed E-state index contributed by atoms with van der Waals surface area (Å²) in [6.45, 7) is 8.26. The fourth-order valence-electron chi connectivity index (χ4n) is 2.89. The van der Waals surface area contributed by atoms with E-state index in [4.69, 9.17) is 9.47 Å². The highest BCUT2D eigenvalue weighted by Gasteiger charge is 2.42. The number of nitrogens with one attached hydrogen (secondary N) is 1. The van der Waals surface area contributed by atoms with Crippen molar-refractivity contribution < 1.29 is 9.47 Å². The zero-order chi connectivity index (χ0) is 11.4. The Balaban J connectivity index is 1.85. The maximum atomic E-state index is 5.96. The first-order valence-corrected chi connectivity index (χ1v) is 6.71. The molecule has 2 heterocycles. The molecule has 0 amide bonds. The van der Waals surface area contributed by atoms with Crippen molar-refractivity contribution in [3.8, 4) is 0 Å². The van der Waals surface area contributed by atoms with Gasteiger partial charge < -0.3 is 14.8 Å². The standard InChI is InChI=1S/C13H25NO2/c1-3-6-14-11(2)12-4-7-16-13(9-12)5-8-15-10-13/h11-12,14H,3-10H2,1-2H3. The maximum Gasteiger partial charge on any atom is 0.0939 e. The fraction of sp³-hybridized carbons (Fsp3) is 1.00. The topological polar surface area (TPSA) is 30.5 Å². The molecule has 1 N–H and O–H groups in total. The molecule has 2 aliphatic rings. The molecule has 0 aromatic heterocycles. The normalized spacial score (nSPS) is 36.8. The second kappa shape index (κ2) is 5.48. The second-order valence-corrected chi connectivity index (χ2v) is 5.33. The molecule has 2 aliphatic heterocycles. The molecule has 3 atom stereocenters. The van der Waals surface area contributed by atoms with Crippen LogP contribution in [0, 0.1) is 5.92 Å². The molecule has 0 bridgehead atoms. The smallest absolute Gasteiger partial charge is 0.0939 e. The lowest BCUT2D eigenvalue weighted by Gasteiger charge is -2.39. The van der Waals surface area contributed by atoms with E-state index in [1.807, 2.05) is 0 Å². The van der Waals surface area contributed by atoms with Crippen LogP contribution in [0.15, 0.2) is 0 Å². The Hall–Kier alpha value is -0.120. The van der Waals surface area contributed by atoms with Crippen LogP contribution < -0.4 is 5.32 Å². The molecule has 3 nitrogen and oxygen atoms in total. The summed E-state index contributed by atoms with van der Waals surface area (Å²) in [4.78, 5) is 0. The van der Waals surface area contributed by atoms with Crippen molar-refractivity contribution in [3.63, 3.8) is 0 Å². The van der Waals surface area contributed by atoms with E-state index in [0.717, 1.165) is 38.7 Å². The maximum absolute atomic E-state index is 5.96. The lowest BCUT2D eigenvalue weighted by atomic mass is 9.81. The number of hydrogen-bond donors (Lipinski definition) is 1. The largest absolute Gasteiger partial charge is 0.378 e. The van der Waals surface area contributed by atoms with Gasteiger partial charge in [0.2, 0.25) is 0 Å². The van der Waals surface area contributed by atoms with Crippen molar-refractivity contribution in [3.05, 3.63) is 0 Å². The van der Waals surface area contributed by atoms with Crippen molar-refractivity contribution in [1.29, 1.82) is 0 Å². The molecular formula is C13H25NO2. The van der Waals surface area contributed by atoms with E-state index in [2.05, 4.69) is 19.2 Å². The average Bonchev–Trinajstić information content (AvgIpc) is 2.74. The fourth-order valence-corrected chi connectivity index (χ4v) is 2.89. The summed E-state index contributed by atoms with van der Waals surface area (Å²) < 4.78 is 11.5. The van der Waals surface area contributed by atoms with Gasteiger partial charge in [-0.1, -0.05) is 6.92 Å². The predicted octanol–water partition coefficient (Wildman–Crippen LogP) is 1.96. The molecule has 0 radical (unpaired) electrons. The number of ether oxygens (including phenoxy) is 2. The number of rotatable bonds is 4. The van der Waals surface area contributed by atoms with E-state index in [1.54, 1.807) is 0 Å². The molecule has 3 heteroatoms. The molecule has 2 fully saturated rings. The lowest BCUT2D eigenvalue weighted by molar-refractivity contribution is -0.102. The first-order valence-electron chi connectivity index (χ1n) is 6.71. The van der Waals surface area contributed by atoms with Gasteiger partial charge in [-0.05, 0) is 38.6 Å². The minimum atomic E-state index is 0.0606. The Labute approximate surface area is 98.9 Å². The van der Waals surface area contributed by atoms with Gasteiger partial charge in [0.15, 0.2) is 0 Å². The quantitative estimate of drug-likeness (QED) is 0.796. The van der Waals surface area contributed by atoms with Crippen LogP contribution >= 0.6 is 0 Å². The molecule has 0 aromatic rings. The van der Waals surface area contributed by atoms with Gasteiger partial charge in [0.1, 0.15) is 0 Å². The van der Waals surface area contributed by atoms with Crippen LogP contribution in [-0.2, 0) is 9.47 Å². The first kappa shape index (κ1) is 12.3. The zero-order valence-electron chi connectivity index (χ0n) is 10.6. The Morgan fingerprint density at radius 2 is 2.31 bits per heavy atom. The molecule has 2 saturated heterocycles. The Kier molecular flexibility index (Phi) is 4.22. The van der Waals surface area contributed by atoms with E-state index >= 15 is 0 Å². The van der Waals surface area contributed by atoms with E-state index in [0.29, 0.717) is 6.04 Å². The van der Waals surface area contributed by atoms with E-state index < -0.39 is 0 Å². The van der Waals surface area contributed by atoms with Crippen LogP contribution in [-0.4, -0.2) is 38.0 Å². The Morgan fingerprint density at radius 3 is 3.00 bits per heavy atom. The van der Waals surface area contributed by atoms with Gasteiger partial charge in [-0.15, -0.1) is 0 Å². The van der Waals surface area contributed by atoms with Gasteiger partial charge >= 0.3 is 0 Å². The van der Waals surface area contributed by atoms with Crippen LogP contribution in [0.2, 0.25) is 0 Å². The molecule has 0 saturated carbocycles. The third-order valence-electron chi connectivity index (χ3n) is 4.02. The summed E-state index contributed by atoms with van der Waals surface area (Å²) >= 11 is 0. The van der Waals surface area contributed by atoms with Crippen molar-refractivity contribution in [2.75, 3.05) is 26.4 Å². The summed E-state index contributed by atoms with van der Waals surface area (Å²) in [5.74, 6) is 0.752. The summed E-state index contributed by atoms with van der Waals surface area (Å²) in [7, 11) is 0. The van der Waals surface area contributed by atoms with Crippen LogP contribution in [0.1, 0.15) is 39.5 Å². The van der Waals surface area contributed by atoms with Crippen molar-refractivity contribution in [2.24, 2.45) is 5.92 Å². The Morgan fingerprint density at radius 1 is 1.44 bits per heavy atom. The van der Waals surface area contributed by atoms with Crippen LogP contribution in [0.5, 0.6) is 0 Å². The molecule has 16 heavy (non-hydrogen) atoms. The zero-order valence-corrected chi connectivity index (χ0v) is 10.6. The summed E-state index contributed by atoms with van der Waals surface area (Å²) in [6, 6.07) is 0.612. The van der Waals surface area contributed by atoms with Gasteiger partial charge in [-0.3, -0.25) is 0 Å². The van der Waals surface area contributed by atoms with Crippen LogP contribution in [0.3, 0.4) is 0 Å². The molecule has 2 rings (SSSR count). The van der Waals surface area contributed by atoms with Crippen LogP contribution in [0.4, 0.5) is 0 Å². The van der Waals surface area contributed by atoms with E-state index in [-0.39, 0.29) is 5.60 Å². The molecule has 1 spiro atoms. The predicted molar refractivity (Wildman–Crippen MR) is 64.6 cm³/mol. The molecule has 94 valence electrons. The minimum absolute atomic E-state index is 0.0606. The average molecular weight is 227 g/mol. The van der Waals surface area contributed by atoms with E-state index in [1.165, 1.54) is 19.3 Å². The highest BCUT2D eigenvalue weighted by Crippen LogP contribution is 2.36. The molecular weight excluding hydrogens is 202 g/mol. The van der Waals surface area contributed by atoms with Crippen molar-refractivity contribution in [1.82, 2.24) is 5.32 Å². The van der Waals surface area contributed by atoms with Crippen molar-refractivity contribution >= 4 is 0 Å². The third kappa shape index (κ3) is 2.76. The SMILES string of the molecule is CCCNC(C)C1CCOC2(CCOC2)C1. The number of hydrogen-bond acceptors (Lipinski definition) is 3. The van der Waals surface area contributed by atoms with Gasteiger partial charge in [0.05, 0.1) is 12.2 Å². The van der Waals surface area contributed by atoms with Gasteiger partial charge in [-0.25, -0.2) is 0 Å². The Bertz CT molecular complexity index is 214. The summed E-state index contributed by atoms with van der Waals surface area (Å²) in [5.41, 5.74) is 0.0606. The molecule has 3 unspecified atom stereocenters. The van der Waals surface area contributed by atoms with Crippen LogP contribution in [0.25, 0.3) is 0 Å². The van der Waals surface area contributed by atoms with Gasteiger partial charge in [-0.2, -0.15) is 0 Å².